The minimum absolute atomic E-state index is 0.136. The predicted molar refractivity (Wildman–Crippen MR) is 83.1 cm³/mol. The molecular formula is C15H17N3O3S. The second kappa shape index (κ2) is 6.23. The van der Waals surface area contributed by atoms with Gasteiger partial charge in [0.2, 0.25) is 6.79 Å². The van der Waals surface area contributed by atoms with Crippen molar-refractivity contribution in [3.05, 3.63) is 39.8 Å². The normalized spacial score (nSPS) is 12.3. The number of thiazole rings is 1. The van der Waals surface area contributed by atoms with E-state index in [4.69, 9.17) is 9.47 Å². The van der Waals surface area contributed by atoms with Crippen LogP contribution in [0.1, 0.15) is 16.3 Å². The van der Waals surface area contributed by atoms with Gasteiger partial charge < -0.3 is 19.7 Å². The van der Waals surface area contributed by atoms with Crippen LogP contribution in [0.3, 0.4) is 0 Å². The molecule has 1 aromatic carbocycles. The molecule has 2 amide bonds. The topological polar surface area (TPSA) is 63.7 Å². The first-order valence-corrected chi connectivity index (χ1v) is 7.78. The van der Waals surface area contributed by atoms with E-state index in [-0.39, 0.29) is 12.8 Å². The van der Waals surface area contributed by atoms with Gasteiger partial charge in [-0.3, -0.25) is 0 Å². The third-order valence-corrected chi connectivity index (χ3v) is 4.12. The molecule has 1 aliphatic rings. The van der Waals surface area contributed by atoms with E-state index in [1.54, 1.807) is 23.3 Å². The Morgan fingerprint density at radius 3 is 3.00 bits per heavy atom. The van der Waals surface area contributed by atoms with E-state index in [1.165, 1.54) is 0 Å². The maximum atomic E-state index is 12.1. The van der Waals surface area contributed by atoms with Crippen molar-refractivity contribution in [2.75, 3.05) is 13.8 Å². The third-order valence-electron chi connectivity index (χ3n) is 3.29. The van der Waals surface area contributed by atoms with Gasteiger partial charge in [0, 0.05) is 19.0 Å². The number of ether oxygens (including phenoxy) is 2. The fourth-order valence-electron chi connectivity index (χ4n) is 2.16. The molecule has 2 aromatic rings. The smallest absolute Gasteiger partial charge is 0.317 e. The fraction of sp³-hybridized carbons (Fsp3) is 0.333. The van der Waals surface area contributed by atoms with E-state index in [2.05, 4.69) is 10.3 Å². The van der Waals surface area contributed by atoms with Gasteiger partial charge >= 0.3 is 6.03 Å². The van der Waals surface area contributed by atoms with Crippen LogP contribution in [0.2, 0.25) is 0 Å². The average Bonchev–Trinajstić information content (AvgIpc) is 3.12. The molecule has 0 atom stereocenters. The Bertz CT molecular complexity index is 686. The molecule has 2 heterocycles. The summed E-state index contributed by atoms with van der Waals surface area (Å²) < 4.78 is 10.6. The monoisotopic (exact) mass is 319 g/mol. The average molecular weight is 319 g/mol. The van der Waals surface area contributed by atoms with Crippen LogP contribution in [0.5, 0.6) is 11.5 Å². The van der Waals surface area contributed by atoms with E-state index < -0.39 is 0 Å². The first-order valence-electron chi connectivity index (χ1n) is 6.90. The fourth-order valence-corrected chi connectivity index (χ4v) is 2.76. The van der Waals surface area contributed by atoms with Crippen molar-refractivity contribution in [2.24, 2.45) is 0 Å². The lowest BCUT2D eigenvalue weighted by molar-refractivity contribution is 0.174. The second-order valence-corrected chi connectivity index (χ2v) is 6.12. The van der Waals surface area contributed by atoms with Crippen LogP contribution in [0, 0.1) is 6.92 Å². The SMILES string of the molecule is Cc1nc(CN(C)C(=O)NCc2ccc3c(c2)OCO3)cs1. The summed E-state index contributed by atoms with van der Waals surface area (Å²) in [6, 6.07) is 5.51. The molecule has 1 aromatic heterocycles. The molecule has 1 N–H and O–H groups in total. The van der Waals surface area contributed by atoms with E-state index in [0.717, 1.165) is 27.8 Å². The molecule has 6 nitrogen and oxygen atoms in total. The Hall–Kier alpha value is -2.28. The summed E-state index contributed by atoms with van der Waals surface area (Å²) in [5, 5.41) is 5.86. The van der Waals surface area contributed by atoms with Gasteiger partial charge in [-0.05, 0) is 24.6 Å². The zero-order chi connectivity index (χ0) is 15.5. The van der Waals surface area contributed by atoms with Crippen molar-refractivity contribution >= 4 is 17.4 Å². The Morgan fingerprint density at radius 1 is 1.41 bits per heavy atom. The summed E-state index contributed by atoms with van der Waals surface area (Å²) in [5.74, 6) is 1.46. The summed E-state index contributed by atoms with van der Waals surface area (Å²) in [6.07, 6.45) is 0. The number of fused-ring (bicyclic) bond motifs is 1. The number of rotatable bonds is 4. The number of amides is 2. The van der Waals surface area contributed by atoms with Gasteiger partial charge in [-0.15, -0.1) is 11.3 Å². The van der Waals surface area contributed by atoms with E-state index in [9.17, 15) is 4.79 Å². The number of carbonyl (C=O) groups excluding carboxylic acids is 1. The number of benzene rings is 1. The molecule has 0 fully saturated rings. The molecule has 0 bridgehead atoms. The molecule has 0 spiro atoms. The Labute approximate surface area is 132 Å². The molecule has 0 unspecified atom stereocenters. The predicted octanol–water partition coefficient (Wildman–Crippen LogP) is 2.52. The second-order valence-electron chi connectivity index (χ2n) is 5.06. The van der Waals surface area contributed by atoms with E-state index in [0.29, 0.717) is 13.1 Å². The minimum Gasteiger partial charge on any atom is -0.454 e. The first-order chi connectivity index (χ1) is 10.6. The van der Waals surface area contributed by atoms with Gasteiger partial charge in [0.1, 0.15) is 0 Å². The van der Waals surface area contributed by atoms with Crippen LogP contribution in [-0.4, -0.2) is 29.8 Å². The highest BCUT2D eigenvalue weighted by molar-refractivity contribution is 7.09. The molecule has 0 aliphatic carbocycles. The minimum atomic E-state index is -0.136. The van der Waals surface area contributed by atoms with Crippen molar-refractivity contribution in [3.63, 3.8) is 0 Å². The van der Waals surface area contributed by atoms with Gasteiger partial charge in [0.15, 0.2) is 11.5 Å². The molecule has 7 heteroatoms. The molecule has 22 heavy (non-hydrogen) atoms. The summed E-state index contributed by atoms with van der Waals surface area (Å²) in [6.45, 7) is 3.14. The van der Waals surface area contributed by atoms with Crippen LogP contribution in [0.25, 0.3) is 0 Å². The number of nitrogens with one attached hydrogen (secondary N) is 1. The maximum Gasteiger partial charge on any atom is 0.317 e. The molecule has 0 radical (unpaired) electrons. The summed E-state index contributed by atoms with van der Waals surface area (Å²) in [7, 11) is 1.75. The van der Waals surface area contributed by atoms with Crippen molar-refractivity contribution in [2.45, 2.75) is 20.0 Å². The highest BCUT2D eigenvalue weighted by Crippen LogP contribution is 2.32. The molecule has 0 saturated carbocycles. The van der Waals surface area contributed by atoms with Crippen LogP contribution in [0.15, 0.2) is 23.6 Å². The first kappa shape index (κ1) is 14.6. The summed E-state index contributed by atoms with van der Waals surface area (Å²) in [5.41, 5.74) is 1.87. The lowest BCUT2D eigenvalue weighted by Gasteiger charge is -2.17. The summed E-state index contributed by atoms with van der Waals surface area (Å²) >= 11 is 1.58. The number of hydrogen-bond donors (Lipinski definition) is 1. The zero-order valence-corrected chi connectivity index (χ0v) is 13.3. The largest absolute Gasteiger partial charge is 0.454 e. The van der Waals surface area contributed by atoms with Crippen LogP contribution in [-0.2, 0) is 13.1 Å². The summed E-state index contributed by atoms with van der Waals surface area (Å²) in [4.78, 5) is 18.1. The standard InChI is InChI=1S/C15H17N3O3S/c1-10-17-12(8-22-10)7-18(2)15(19)16-6-11-3-4-13-14(5-11)21-9-20-13/h3-5,8H,6-7,9H2,1-2H3,(H,16,19). The number of aryl methyl sites for hydroxylation is 1. The number of hydrogen-bond acceptors (Lipinski definition) is 5. The lowest BCUT2D eigenvalue weighted by atomic mass is 10.2. The van der Waals surface area contributed by atoms with Crippen molar-refractivity contribution in [1.29, 1.82) is 0 Å². The lowest BCUT2D eigenvalue weighted by Crippen LogP contribution is -2.36. The number of nitrogens with zero attached hydrogens (tertiary/aromatic N) is 2. The van der Waals surface area contributed by atoms with Gasteiger partial charge in [0.25, 0.3) is 0 Å². The van der Waals surface area contributed by atoms with Gasteiger partial charge in [-0.1, -0.05) is 6.07 Å². The molecular weight excluding hydrogens is 302 g/mol. The molecule has 3 rings (SSSR count). The van der Waals surface area contributed by atoms with Gasteiger partial charge in [0.05, 0.1) is 17.2 Å². The molecule has 1 aliphatic heterocycles. The maximum absolute atomic E-state index is 12.1. The molecule has 116 valence electrons. The number of carbonyl (C=O) groups is 1. The Kier molecular flexibility index (Phi) is 4.15. The van der Waals surface area contributed by atoms with E-state index in [1.807, 2.05) is 30.5 Å². The highest BCUT2D eigenvalue weighted by Gasteiger charge is 2.14. The number of aromatic nitrogens is 1. The van der Waals surface area contributed by atoms with Crippen LogP contribution < -0.4 is 14.8 Å². The van der Waals surface area contributed by atoms with Gasteiger partial charge in [-0.25, -0.2) is 9.78 Å². The Morgan fingerprint density at radius 2 is 2.23 bits per heavy atom. The van der Waals surface area contributed by atoms with E-state index >= 15 is 0 Å². The van der Waals surface area contributed by atoms with Crippen LogP contribution >= 0.6 is 11.3 Å². The highest BCUT2D eigenvalue weighted by atomic mass is 32.1. The quantitative estimate of drug-likeness (QED) is 0.940. The van der Waals surface area contributed by atoms with Crippen molar-refractivity contribution in [1.82, 2.24) is 15.2 Å². The zero-order valence-electron chi connectivity index (χ0n) is 12.5. The van der Waals surface area contributed by atoms with Crippen molar-refractivity contribution in [3.8, 4) is 11.5 Å². The molecule has 0 saturated heterocycles. The Balaban J connectivity index is 1.53. The van der Waals surface area contributed by atoms with Gasteiger partial charge in [-0.2, -0.15) is 0 Å². The van der Waals surface area contributed by atoms with Crippen LogP contribution in [0.4, 0.5) is 4.79 Å². The third kappa shape index (κ3) is 3.30. The van der Waals surface area contributed by atoms with Crippen molar-refractivity contribution < 1.29 is 14.3 Å². The number of urea groups is 1.